The van der Waals surface area contributed by atoms with Gasteiger partial charge in [0.2, 0.25) is 11.6 Å². The van der Waals surface area contributed by atoms with Gasteiger partial charge in [0.1, 0.15) is 11.6 Å². The lowest BCUT2D eigenvalue weighted by atomic mass is 9.95. The van der Waals surface area contributed by atoms with Crippen molar-refractivity contribution in [1.82, 2.24) is 0 Å². The van der Waals surface area contributed by atoms with Crippen molar-refractivity contribution in [2.75, 3.05) is 0 Å². The Hall–Kier alpha value is -3.66. The Morgan fingerprint density at radius 2 is 1.26 bits per heavy atom. The van der Waals surface area contributed by atoms with Crippen molar-refractivity contribution in [2.45, 2.75) is 23.6 Å². The molecule has 206 valence electrons. The molecule has 15 heteroatoms. The predicted molar refractivity (Wildman–Crippen MR) is 125 cm³/mol. The maximum absolute atomic E-state index is 15.3. The number of hydrogen-bond acceptors (Lipinski definition) is 5. The van der Waals surface area contributed by atoms with Crippen LogP contribution in [0.25, 0.3) is 21.9 Å². The lowest BCUT2D eigenvalue weighted by Crippen LogP contribution is -2.07. The molecule has 0 atom stereocenters. The molecular formula is C24H14F6O7S2. The SMILES string of the molecule is Cc1cc(F)c(F)c(-c2c(C)c(F)c(Oc3cc(S(=O)(=O)O)cc4cc(S(=O)(=O)O)ccc34)c(F)c2F)c1F. The molecule has 0 saturated carbocycles. The first-order valence-electron chi connectivity index (χ1n) is 10.5. The van der Waals surface area contributed by atoms with Crippen LogP contribution in [0.15, 0.2) is 46.2 Å². The van der Waals surface area contributed by atoms with Crippen molar-refractivity contribution in [3.63, 3.8) is 0 Å². The van der Waals surface area contributed by atoms with E-state index in [0.717, 1.165) is 38.1 Å². The Morgan fingerprint density at radius 1 is 0.667 bits per heavy atom. The van der Waals surface area contributed by atoms with Crippen LogP contribution < -0.4 is 4.74 Å². The van der Waals surface area contributed by atoms with Crippen LogP contribution in [-0.4, -0.2) is 25.9 Å². The second-order valence-corrected chi connectivity index (χ2v) is 11.1. The van der Waals surface area contributed by atoms with Crippen molar-refractivity contribution in [1.29, 1.82) is 0 Å². The molecule has 0 aromatic heterocycles. The first kappa shape index (κ1) is 28.4. The Balaban J connectivity index is 2.00. The zero-order chi connectivity index (χ0) is 29.2. The second kappa shape index (κ2) is 9.51. The molecule has 4 rings (SSSR count). The highest BCUT2D eigenvalue weighted by Gasteiger charge is 2.31. The van der Waals surface area contributed by atoms with Crippen LogP contribution in [0.2, 0.25) is 0 Å². The molecule has 0 unspecified atom stereocenters. The lowest BCUT2D eigenvalue weighted by Gasteiger charge is -2.18. The van der Waals surface area contributed by atoms with E-state index in [9.17, 15) is 39.1 Å². The number of benzene rings is 4. The van der Waals surface area contributed by atoms with Crippen molar-refractivity contribution < 1.29 is 57.0 Å². The predicted octanol–water partition coefficient (Wildman–Crippen LogP) is 6.24. The largest absolute Gasteiger partial charge is 0.450 e. The van der Waals surface area contributed by atoms with Gasteiger partial charge in [-0.05, 0) is 60.7 Å². The molecule has 0 spiro atoms. The fraction of sp³-hybridized carbons (Fsp3) is 0.0833. The minimum Gasteiger partial charge on any atom is -0.450 e. The van der Waals surface area contributed by atoms with E-state index >= 15 is 13.2 Å². The van der Waals surface area contributed by atoms with E-state index in [1.54, 1.807) is 0 Å². The summed E-state index contributed by atoms with van der Waals surface area (Å²) in [6.45, 7) is 1.81. The van der Waals surface area contributed by atoms with Crippen molar-refractivity contribution in [3.05, 3.63) is 82.4 Å². The summed E-state index contributed by atoms with van der Waals surface area (Å²) in [5.41, 5.74) is -4.04. The van der Waals surface area contributed by atoms with Gasteiger partial charge in [0.25, 0.3) is 20.2 Å². The van der Waals surface area contributed by atoms with Crippen LogP contribution in [0.4, 0.5) is 26.3 Å². The van der Waals surface area contributed by atoms with Crippen LogP contribution in [0.3, 0.4) is 0 Å². The Bertz CT molecular complexity index is 1860. The van der Waals surface area contributed by atoms with Gasteiger partial charge < -0.3 is 4.74 Å². The Kier molecular flexibility index (Phi) is 6.92. The van der Waals surface area contributed by atoms with Gasteiger partial charge in [-0.15, -0.1) is 0 Å². The van der Waals surface area contributed by atoms with E-state index in [4.69, 9.17) is 4.74 Å². The average molecular weight is 592 g/mol. The molecule has 4 aromatic rings. The number of halogens is 6. The summed E-state index contributed by atoms with van der Waals surface area (Å²) < 4.78 is 159. The highest BCUT2D eigenvalue weighted by atomic mass is 32.2. The van der Waals surface area contributed by atoms with Gasteiger partial charge in [-0.3, -0.25) is 9.11 Å². The summed E-state index contributed by atoms with van der Waals surface area (Å²) in [6, 6.07) is 4.34. The van der Waals surface area contributed by atoms with E-state index in [1.807, 2.05) is 0 Å². The molecule has 4 aromatic carbocycles. The molecule has 2 N–H and O–H groups in total. The van der Waals surface area contributed by atoms with Gasteiger partial charge in [0.15, 0.2) is 23.3 Å². The molecule has 39 heavy (non-hydrogen) atoms. The molecule has 0 heterocycles. The molecule has 0 saturated heterocycles. The van der Waals surface area contributed by atoms with Gasteiger partial charge in [-0.25, -0.2) is 22.0 Å². The molecular weight excluding hydrogens is 578 g/mol. The minimum absolute atomic E-state index is 0.214. The lowest BCUT2D eigenvalue weighted by molar-refractivity contribution is 0.387. The fourth-order valence-electron chi connectivity index (χ4n) is 3.88. The third-order valence-corrected chi connectivity index (χ3v) is 7.45. The van der Waals surface area contributed by atoms with E-state index < -0.39 is 98.7 Å². The monoisotopic (exact) mass is 592 g/mol. The highest BCUT2D eigenvalue weighted by molar-refractivity contribution is 7.86. The van der Waals surface area contributed by atoms with Crippen LogP contribution >= 0.6 is 0 Å². The maximum Gasteiger partial charge on any atom is 0.294 e. The van der Waals surface area contributed by atoms with Gasteiger partial charge in [0, 0.05) is 17.0 Å². The molecule has 0 aliphatic rings. The summed E-state index contributed by atoms with van der Waals surface area (Å²) in [6.07, 6.45) is 0. The van der Waals surface area contributed by atoms with Gasteiger partial charge in [0.05, 0.1) is 15.4 Å². The molecule has 0 bridgehead atoms. The molecule has 0 aliphatic heterocycles. The van der Waals surface area contributed by atoms with Crippen LogP contribution in [0.5, 0.6) is 11.5 Å². The van der Waals surface area contributed by atoms with Crippen molar-refractivity contribution in [3.8, 4) is 22.6 Å². The van der Waals surface area contributed by atoms with Crippen LogP contribution in [0, 0.1) is 48.8 Å². The number of hydrogen-bond donors (Lipinski definition) is 2. The molecule has 0 aliphatic carbocycles. The summed E-state index contributed by atoms with van der Waals surface area (Å²) in [5, 5.41) is -0.530. The zero-order valence-electron chi connectivity index (χ0n) is 19.5. The van der Waals surface area contributed by atoms with Gasteiger partial charge in [-0.2, -0.15) is 21.2 Å². The number of fused-ring (bicyclic) bond motifs is 1. The summed E-state index contributed by atoms with van der Waals surface area (Å²) in [4.78, 5) is -1.65. The van der Waals surface area contributed by atoms with E-state index in [1.165, 1.54) is 0 Å². The van der Waals surface area contributed by atoms with Crippen molar-refractivity contribution >= 4 is 31.0 Å². The summed E-state index contributed by atoms with van der Waals surface area (Å²) in [5.74, 6) is -13.1. The zero-order valence-corrected chi connectivity index (χ0v) is 21.1. The van der Waals surface area contributed by atoms with Crippen molar-refractivity contribution in [2.24, 2.45) is 0 Å². The van der Waals surface area contributed by atoms with Gasteiger partial charge >= 0.3 is 0 Å². The Labute approximate surface area is 216 Å². The second-order valence-electron chi connectivity index (χ2n) is 8.31. The van der Waals surface area contributed by atoms with Crippen LogP contribution in [-0.2, 0) is 20.2 Å². The molecule has 7 nitrogen and oxygen atoms in total. The minimum atomic E-state index is -5.03. The third-order valence-electron chi connectivity index (χ3n) is 5.77. The standard InChI is InChI=1S/C24H14F6O7S2/c1-9-5-15(25)21(28)18(19(9)26)17-10(2)20(27)24(23(30)22(17)29)37-16-8-13(39(34,35)36)7-11-6-12(38(31,32)33)3-4-14(11)16/h3-8H,1-2H3,(H,31,32,33)(H,34,35,36). The maximum atomic E-state index is 15.3. The van der Waals surface area contributed by atoms with Crippen LogP contribution in [0.1, 0.15) is 11.1 Å². The first-order chi connectivity index (χ1) is 17.9. The van der Waals surface area contributed by atoms with Gasteiger partial charge in [-0.1, -0.05) is 0 Å². The normalized spacial score (nSPS) is 12.3. The van der Waals surface area contributed by atoms with E-state index in [0.29, 0.717) is 12.1 Å². The van der Waals surface area contributed by atoms with E-state index in [2.05, 4.69) is 0 Å². The quantitative estimate of drug-likeness (QED) is 0.160. The number of aryl methyl sites for hydroxylation is 1. The highest BCUT2D eigenvalue weighted by Crippen LogP contribution is 2.42. The number of ether oxygens (including phenoxy) is 1. The third kappa shape index (κ3) is 4.93. The topological polar surface area (TPSA) is 118 Å². The molecule has 0 radical (unpaired) electrons. The summed E-state index contributed by atoms with van der Waals surface area (Å²) >= 11 is 0. The molecule has 0 fully saturated rings. The smallest absolute Gasteiger partial charge is 0.294 e. The first-order valence-corrected chi connectivity index (χ1v) is 13.3. The Morgan fingerprint density at radius 3 is 1.85 bits per heavy atom. The average Bonchev–Trinajstić information content (AvgIpc) is 2.84. The molecule has 0 amide bonds. The summed E-state index contributed by atoms with van der Waals surface area (Å²) in [7, 11) is -9.82. The van der Waals surface area contributed by atoms with E-state index in [-0.39, 0.29) is 10.8 Å². The fourth-order valence-corrected chi connectivity index (χ4v) is 4.92. The number of rotatable bonds is 5.